The van der Waals surface area contributed by atoms with Gasteiger partial charge >= 0.3 is 5.97 Å². The number of morpholine rings is 1. The molecule has 186 valence electrons. The lowest BCUT2D eigenvalue weighted by Crippen LogP contribution is -2.40. The van der Waals surface area contributed by atoms with E-state index in [-0.39, 0.29) is 11.9 Å². The number of hydrogen-bond acceptors (Lipinski definition) is 6. The van der Waals surface area contributed by atoms with Crippen molar-refractivity contribution in [3.63, 3.8) is 0 Å². The van der Waals surface area contributed by atoms with Gasteiger partial charge < -0.3 is 24.4 Å². The molecule has 1 saturated heterocycles. The Balaban J connectivity index is 1.28. The Kier molecular flexibility index (Phi) is 8.36. The van der Waals surface area contributed by atoms with Crippen LogP contribution in [0.25, 0.3) is 0 Å². The first-order chi connectivity index (χ1) is 17.0. The molecular weight excluding hydrogens is 446 g/mol. The van der Waals surface area contributed by atoms with Crippen LogP contribution in [0.1, 0.15) is 47.7 Å². The van der Waals surface area contributed by atoms with Crippen LogP contribution < -0.4 is 10.1 Å². The Morgan fingerprint density at radius 2 is 1.83 bits per heavy atom. The summed E-state index contributed by atoms with van der Waals surface area (Å²) in [6, 6.07) is 13.0. The minimum Gasteiger partial charge on any atom is -0.493 e. The standard InChI is InChI=1S/C27H33N3O5/c1-19(31)34-13-3-2-4-20-16-22-5-6-23(17-25(22)35-18-20)27(32)29-24-9-7-21(8-10-24)26(28)30-11-14-33-15-12-30/h5-10,17,20,28H,2-4,11-16,18H2,1H3,(H,29,32). The number of rotatable bonds is 8. The summed E-state index contributed by atoms with van der Waals surface area (Å²) in [5.74, 6) is 1.24. The molecule has 8 heteroatoms. The number of benzene rings is 2. The third kappa shape index (κ3) is 6.82. The zero-order valence-electron chi connectivity index (χ0n) is 20.2. The highest BCUT2D eigenvalue weighted by molar-refractivity contribution is 6.05. The summed E-state index contributed by atoms with van der Waals surface area (Å²) in [6.45, 7) is 5.23. The van der Waals surface area contributed by atoms with Crippen LogP contribution in [0.3, 0.4) is 0 Å². The molecule has 0 spiro atoms. The summed E-state index contributed by atoms with van der Waals surface area (Å²) >= 11 is 0. The molecule has 4 rings (SSSR count). The molecule has 35 heavy (non-hydrogen) atoms. The number of unbranched alkanes of at least 4 members (excludes halogenated alkanes) is 1. The lowest BCUT2D eigenvalue weighted by Gasteiger charge is -2.29. The maximum Gasteiger partial charge on any atom is 0.302 e. The molecule has 2 N–H and O–H groups in total. The molecule has 0 aliphatic carbocycles. The van der Waals surface area contributed by atoms with E-state index in [1.54, 1.807) is 0 Å². The minimum atomic E-state index is -0.235. The number of nitrogens with zero attached hydrogens (tertiary/aromatic N) is 1. The van der Waals surface area contributed by atoms with Gasteiger partial charge in [-0.15, -0.1) is 0 Å². The van der Waals surface area contributed by atoms with E-state index in [0.717, 1.165) is 42.6 Å². The second-order valence-corrected chi connectivity index (χ2v) is 9.02. The van der Waals surface area contributed by atoms with Crippen molar-refractivity contribution in [2.75, 3.05) is 44.8 Å². The van der Waals surface area contributed by atoms with Crippen LogP contribution in [-0.4, -0.2) is 62.1 Å². The van der Waals surface area contributed by atoms with Crippen LogP contribution in [0.4, 0.5) is 5.69 Å². The molecule has 0 bridgehead atoms. The Morgan fingerprint density at radius 3 is 2.57 bits per heavy atom. The average molecular weight is 480 g/mol. The number of ether oxygens (including phenoxy) is 3. The van der Waals surface area contributed by atoms with Crippen molar-refractivity contribution in [3.8, 4) is 5.75 Å². The van der Waals surface area contributed by atoms with Gasteiger partial charge in [-0.25, -0.2) is 0 Å². The summed E-state index contributed by atoms with van der Waals surface area (Å²) in [4.78, 5) is 25.6. The molecule has 0 saturated carbocycles. The smallest absolute Gasteiger partial charge is 0.302 e. The largest absolute Gasteiger partial charge is 0.493 e. The SMILES string of the molecule is CC(=O)OCCCCC1COc2cc(C(=O)Nc3ccc(C(=N)N4CCOCC4)cc3)ccc2C1. The van der Waals surface area contributed by atoms with Crippen LogP contribution in [0, 0.1) is 11.3 Å². The zero-order chi connectivity index (χ0) is 24.6. The second-order valence-electron chi connectivity index (χ2n) is 9.02. The van der Waals surface area contributed by atoms with Gasteiger partial charge in [-0.3, -0.25) is 15.0 Å². The van der Waals surface area contributed by atoms with Crippen LogP contribution in [0.2, 0.25) is 0 Å². The summed E-state index contributed by atoms with van der Waals surface area (Å²) in [7, 11) is 0. The van der Waals surface area contributed by atoms with Crippen molar-refractivity contribution in [3.05, 3.63) is 59.2 Å². The number of amides is 1. The van der Waals surface area contributed by atoms with Crippen molar-refractivity contribution < 1.29 is 23.8 Å². The number of hydrogen-bond donors (Lipinski definition) is 2. The normalized spacial score (nSPS) is 17.2. The maximum atomic E-state index is 12.8. The molecule has 1 fully saturated rings. The fourth-order valence-electron chi connectivity index (χ4n) is 4.40. The molecular formula is C27H33N3O5. The van der Waals surface area contributed by atoms with Crippen LogP contribution in [0.15, 0.2) is 42.5 Å². The molecule has 0 radical (unpaired) electrons. The van der Waals surface area contributed by atoms with Crippen molar-refractivity contribution in [1.82, 2.24) is 4.90 Å². The third-order valence-corrected chi connectivity index (χ3v) is 6.37. The first-order valence-electron chi connectivity index (χ1n) is 12.2. The topological polar surface area (TPSA) is 101 Å². The molecule has 2 aliphatic heterocycles. The highest BCUT2D eigenvalue weighted by atomic mass is 16.5. The fourth-order valence-corrected chi connectivity index (χ4v) is 4.40. The predicted octanol–water partition coefficient (Wildman–Crippen LogP) is 3.88. The number of esters is 1. The summed E-state index contributed by atoms with van der Waals surface area (Å²) in [5, 5.41) is 11.3. The average Bonchev–Trinajstić information content (AvgIpc) is 2.88. The lowest BCUT2D eigenvalue weighted by atomic mass is 9.91. The van der Waals surface area contributed by atoms with Gasteiger partial charge in [-0.2, -0.15) is 0 Å². The third-order valence-electron chi connectivity index (χ3n) is 6.37. The van der Waals surface area contributed by atoms with E-state index in [2.05, 4.69) is 5.32 Å². The van der Waals surface area contributed by atoms with Gasteiger partial charge in [0.25, 0.3) is 5.91 Å². The highest BCUT2D eigenvalue weighted by Gasteiger charge is 2.21. The lowest BCUT2D eigenvalue weighted by molar-refractivity contribution is -0.141. The van der Waals surface area contributed by atoms with Crippen LogP contribution in [-0.2, 0) is 20.7 Å². The number of carbonyl (C=O) groups excluding carboxylic acids is 2. The van der Waals surface area contributed by atoms with Gasteiger partial charge in [-0.05, 0) is 73.6 Å². The van der Waals surface area contributed by atoms with E-state index in [1.165, 1.54) is 6.92 Å². The predicted molar refractivity (Wildman–Crippen MR) is 133 cm³/mol. The number of amidine groups is 1. The van der Waals surface area contributed by atoms with E-state index >= 15 is 0 Å². The van der Waals surface area contributed by atoms with Crippen molar-refractivity contribution in [2.45, 2.75) is 32.6 Å². The highest BCUT2D eigenvalue weighted by Crippen LogP contribution is 2.30. The van der Waals surface area contributed by atoms with E-state index in [4.69, 9.17) is 19.6 Å². The van der Waals surface area contributed by atoms with Crippen LogP contribution >= 0.6 is 0 Å². The Hall–Kier alpha value is -3.39. The van der Waals surface area contributed by atoms with Crippen LogP contribution in [0.5, 0.6) is 5.75 Å². The number of carbonyl (C=O) groups is 2. The zero-order valence-corrected chi connectivity index (χ0v) is 20.2. The molecule has 2 heterocycles. The van der Waals surface area contributed by atoms with E-state index in [9.17, 15) is 9.59 Å². The maximum absolute atomic E-state index is 12.8. The van der Waals surface area contributed by atoms with Crippen molar-refractivity contribution >= 4 is 23.4 Å². The van der Waals surface area contributed by atoms with E-state index in [0.29, 0.717) is 62.5 Å². The van der Waals surface area contributed by atoms with Crippen molar-refractivity contribution in [1.29, 1.82) is 5.41 Å². The van der Waals surface area contributed by atoms with Gasteiger partial charge in [-0.1, -0.05) is 6.07 Å². The number of anilines is 1. The Bertz CT molecular complexity index is 1050. The van der Waals surface area contributed by atoms with Gasteiger partial charge in [0.1, 0.15) is 11.6 Å². The van der Waals surface area contributed by atoms with E-state index < -0.39 is 0 Å². The molecule has 2 aromatic carbocycles. The molecule has 8 nitrogen and oxygen atoms in total. The summed E-state index contributed by atoms with van der Waals surface area (Å²) in [6.07, 6.45) is 3.78. The Labute approximate surface area is 206 Å². The van der Waals surface area contributed by atoms with Gasteiger partial charge in [0.2, 0.25) is 0 Å². The minimum absolute atomic E-state index is 0.194. The summed E-state index contributed by atoms with van der Waals surface area (Å²) in [5.41, 5.74) is 3.16. The fraction of sp³-hybridized carbons (Fsp3) is 0.444. The monoisotopic (exact) mass is 479 g/mol. The Morgan fingerprint density at radius 1 is 1.09 bits per heavy atom. The van der Waals surface area contributed by atoms with Gasteiger partial charge in [0.05, 0.1) is 26.4 Å². The number of nitrogens with one attached hydrogen (secondary N) is 2. The number of fused-ring (bicyclic) bond motifs is 1. The molecule has 2 aromatic rings. The van der Waals surface area contributed by atoms with Crippen molar-refractivity contribution in [2.24, 2.45) is 5.92 Å². The summed E-state index contributed by atoms with van der Waals surface area (Å²) < 4.78 is 16.3. The first-order valence-corrected chi connectivity index (χ1v) is 12.2. The first kappa shape index (κ1) is 24.7. The molecule has 1 amide bonds. The second kappa shape index (κ2) is 11.8. The quantitative estimate of drug-likeness (QED) is 0.258. The molecule has 1 atom stereocenters. The van der Waals surface area contributed by atoms with E-state index in [1.807, 2.05) is 47.4 Å². The van der Waals surface area contributed by atoms with Gasteiger partial charge in [0.15, 0.2) is 0 Å². The molecule has 1 unspecified atom stereocenters. The molecule has 2 aliphatic rings. The molecule has 0 aromatic heterocycles. The van der Waals surface area contributed by atoms with Gasteiger partial charge in [0, 0.05) is 36.8 Å².